The molecule has 0 amide bonds. The molecule has 0 saturated heterocycles. The summed E-state index contributed by atoms with van der Waals surface area (Å²) in [5.74, 6) is 0.645. The van der Waals surface area contributed by atoms with Crippen LogP contribution in [0.5, 0.6) is 11.5 Å². The van der Waals surface area contributed by atoms with Crippen molar-refractivity contribution in [2.24, 2.45) is 4.99 Å². The third kappa shape index (κ3) is 2.67. The number of halogens is 1. The SMILES string of the molecule is CCCOc1cn2c(c1C)C(Oc1cnc3[nH]ccc3c1F)=NC(C)N2. The number of nitrogens with zero attached hydrogens (tertiary/aromatic N) is 3. The number of hydrogen-bond acceptors (Lipinski definition) is 5. The molecule has 0 aromatic carbocycles. The van der Waals surface area contributed by atoms with Crippen molar-refractivity contribution in [3.63, 3.8) is 0 Å². The summed E-state index contributed by atoms with van der Waals surface area (Å²) in [5.41, 5.74) is 5.28. The normalized spacial score (nSPS) is 16.2. The maximum absolute atomic E-state index is 14.7. The largest absolute Gasteiger partial charge is 0.492 e. The van der Waals surface area contributed by atoms with E-state index in [-0.39, 0.29) is 11.9 Å². The molecule has 3 aromatic rings. The Morgan fingerprint density at radius 1 is 1.35 bits per heavy atom. The van der Waals surface area contributed by atoms with Gasteiger partial charge in [0, 0.05) is 11.8 Å². The van der Waals surface area contributed by atoms with E-state index in [1.54, 1.807) is 12.3 Å². The molecule has 0 saturated carbocycles. The van der Waals surface area contributed by atoms with Crippen molar-refractivity contribution in [3.05, 3.63) is 41.7 Å². The number of H-pyrrole nitrogens is 1. The fourth-order valence-corrected chi connectivity index (χ4v) is 2.97. The zero-order valence-electron chi connectivity index (χ0n) is 14.8. The van der Waals surface area contributed by atoms with Gasteiger partial charge in [0.1, 0.15) is 23.3 Å². The van der Waals surface area contributed by atoms with Crippen LogP contribution in [0.15, 0.2) is 29.6 Å². The quantitative estimate of drug-likeness (QED) is 0.751. The summed E-state index contributed by atoms with van der Waals surface area (Å²) < 4.78 is 28.2. The number of rotatable bonds is 4. The first-order valence-electron chi connectivity index (χ1n) is 8.57. The lowest BCUT2D eigenvalue weighted by Gasteiger charge is -2.23. The summed E-state index contributed by atoms with van der Waals surface area (Å²) in [6.45, 7) is 6.49. The lowest BCUT2D eigenvalue weighted by Crippen LogP contribution is -2.34. The Labute approximate surface area is 149 Å². The van der Waals surface area contributed by atoms with Gasteiger partial charge in [0.25, 0.3) is 0 Å². The first-order chi connectivity index (χ1) is 12.6. The van der Waals surface area contributed by atoms with E-state index in [0.717, 1.165) is 17.7 Å². The van der Waals surface area contributed by atoms with Crippen molar-refractivity contribution < 1.29 is 13.9 Å². The lowest BCUT2D eigenvalue weighted by atomic mass is 10.2. The van der Waals surface area contributed by atoms with E-state index in [9.17, 15) is 4.39 Å². The second-order valence-corrected chi connectivity index (χ2v) is 6.20. The van der Waals surface area contributed by atoms with Gasteiger partial charge in [0.05, 0.1) is 24.4 Å². The van der Waals surface area contributed by atoms with E-state index in [2.05, 4.69) is 27.3 Å². The molecule has 0 radical (unpaired) electrons. The van der Waals surface area contributed by atoms with Crippen LogP contribution in [0.1, 0.15) is 31.5 Å². The molecule has 3 aromatic heterocycles. The maximum atomic E-state index is 14.7. The number of ether oxygens (including phenoxy) is 2. The van der Waals surface area contributed by atoms with E-state index in [0.29, 0.717) is 29.2 Å². The molecule has 136 valence electrons. The smallest absolute Gasteiger partial charge is 0.243 e. The molecule has 0 spiro atoms. The summed E-state index contributed by atoms with van der Waals surface area (Å²) >= 11 is 0. The number of hydrogen-bond donors (Lipinski definition) is 2. The van der Waals surface area contributed by atoms with E-state index < -0.39 is 5.82 Å². The Morgan fingerprint density at radius 2 is 2.19 bits per heavy atom. The highest BCUT2D eigenvalue weighted by atomic mass is 19.1. The van der Waals surface area contributed by atoms with Crippen LogP contribution in [0, 0.1) is 12.7 Å². The highest BCUT2D eigenvalue weighted by Gasteiger charge is 2.26. The number of aromatic nitrogens is 3. The van der Waals surface area contributed by atoms with Crippen LogP contribution in [-0.4, -0.2) is 33.3 Å². The van der Waals surface area contributed by atoms with Crippen LogP contribution in [0.25, 0.3) is 11.0 Å². The molecule has 0 fully saturated rings. The van der Waals surface area contributed by atoms with E-state index in [4.69, 9.17) is 9.47 Å². The summed E-state index contributed by atoms with van der Waals surface area (Å²) in [7, 11) is 0. The van der Waals surface area contributed by atoms with Crippen molar-refractivity contribution >= 4 is 16.9 Å². The van der Waals surface area contributed by atoms with Gasteiger partial charge in [-0.2, -0.15) is 0 Å². The fourth-order valence-electron chi connectivity index (χ4n) is 2.97. The molecule has 1 unspecified atom stereocenters. The molecule has 8 heteroatoms. The Balaban J connectivity index is 1.72. The molecule has 4 rings (SSSR count). The molecular formula is C18H20FN5O2. The highest BCUT2D eigenvalue weighted by Crippen LogP contribution is 2.29. The third-order valence-electron chi connectivity index (χ3n) is 4.21. The lowest BCUT2D eigenvalue weighted by molar-refractivity contribution is 0.315. The molecule has 0 aliphatic carbocycles. The van der Waals surface area contributed by atoms with Gasteiger partial charge in [-0.25, -0.2) is 14.4 Å². The molecule has 4 heterocycles. The molecule has 1 aliphatic rings. The van der Waals surface area contributed by atoms with Crippen LogP contribution in [0.4, 0.5) is 4.39 Å². The van der Waals surface area contributed by atoms with E-state index >= 15 is 0 Å². The number of fused-ring (bicyclic) bond motifs is 2. The van der Waals surface area contributed by atoms with Crippen LogP contribution >= 0.6 is 0 Å². The summed E-state index contributed by atoms with van der Waals surface area (Å²) in [6, 6.07) is 1.63. The van der Waals surface area contributed by atoms with Gasteiger partial charge in [-0.3, -0.25) is 4.68 Å². The zero-order valence-corrected chi connectivity index (χ0v) is 14.8. The van der Waals surface area contributed by atoms with Gasteiger partial charge in [-0.1, -0.05) is 6.92 Å². The standard InChI is InChI=1S/C18H20FN5O2/c1-4-7-25-14-9-24-16(10(14)2)18(22-11(3)23-24)26-13-8-21-17-12(15(13)19)5-6-20-17/h5-6,8-9,11,23H,4,7H2,1-3H3,(H,20,21). The molecule has 26 heavy (non-hydrogen) atoms. The first-order valence-corrected chi connectivity index (χ1v) is 8.57. The van der Waals surface area contributed by atoms with Gasteiger partial charge >= 0.3 is 0 Å². The van der Waals surface area contributed by atoms with Crippen molar-refractivity contribution in [1.82, 2.24) is 14.6 Å². The zero-order chi connectivity index (χ0) is 18.3. The monoisotopic (exact) mass is 357 g/mol. The van der Waals surface area contributed by atoms with Crippen molar-refractivity contribution in [1.29, 1.82) is 0 Å². The van der Waals surface area contributed by atoms with Gasteiger partial charge < -0.3 is 19.9 Å². The Morgan fingerprint density at radius 3 is 3.00 bits per heavy atom. The number of aliphatic imine (C=N–C) groups is 1. The van der Waals surface area contributed by atoms with Crippen LogP contribution in [0.3, 0.4) is 0 Å². The summed E-state index contributed by atoms with van der Waals surface area (Å²) in [5, 5.41) is 0.379. The average Bonchev–Trinajstić information content (AvgIpc) is 3.20. The predicted octanol–water partition coefficient (Wildman–Crippen LogP) is 3.33. The van der Waals surface area contributed by atoms with Crippen LogP contribution in [0.2, 0.25) is 0 Å². The molecule has 7 nitrogen and oxygen atoms in total. The van der Waals surface area contributed by atoms with Gasteiger partial charge in [-0.15, -0.1) is 0 Å². The number of nitrogens with one attached hydrogen (secondary N) is 2. The second kappa shape index (κ2) is 6.36. The number of aromatic amines is 1. The Bertz CT molecular complexity index is 991. The summed E-state index contributed by atoms with van der Waals surface area (Å²) in [6.07, 6.45) is 5.55. The molecule has 0 bridgehead atoms. The minimum Gasteiger partial charge on any atom is -0.492 e. The predicted molar refractivity (Wildman–Crippen MR) is 97.0 cm³/mol. The fraction of sp³-hybridized carbons (Fsp3) is 0.333. The minimum atomic E-state index is -0.469. The number of pyridine rings is 1. The molecule has 2 N–H and O–H groups in total. The van der Waals surface area contributed by atoms with Gasteiger partial charge in [0.2, 0.25) is 5.90 Å². The van der Waals surface area contributed by atoms with Crippen molar-refractivity contribution in [2.75, 3.05) is 12.0 Å². The van der Waals surface area contributed by atoms with Crippen LogP contribution < -0.4 is 14.9 Å². The van der Waals surface area contributed by atoms with Crippen LogP contribution in [-0.2, 0) is 0 Å². The summed E-state index contributed by atoms with van der Waals surface area (Å²) in [4.78, 5) is 11.6. The first kappa shape index (κ1) is 16.4. The van der Waals surface area contributed by atoms with E-state index in [1.807, 2.05) is 24.7 Å². The van der Waals surface area contributed by atoms with Gasteiger partial charge in [-0.05, 0) is 26.3 Å². The topological polar surface area (TPSA) is 76.5 Å². The average molecular weight is 357 g/mol. The third-order valence-corrected chi connectivity index (χ3v) is 4.21. The molecule has 1 aliphatic heterocycles. The van der Waals surface area contributed by atoms with Crippen molar-refractivity contribution in [3.8, 4) is 11.5 Å². The Hall–Kier alpha value is -3.03. The van der Waals surface area contributed by atoms with Crippen molar-refractivity contribution in [2.45, 2.75) is 33.4 Å². The molecular weight excluding hydrogens is 337 g/mol. The molecule has 1 atom stereocenters. The maximum Gasteiger partial charge on any atom is 0.243 e. The Kier molecular flexibility index (Phi) is 4.02. The van der Waals surface area contributed by atoms with E-state index in [1.165, 1.54) is 6.20 Å². The minimum absolute atomic E-state index is 0.0353. The second-order valence-electron chi connectivity index (χ2n) is 6.20. The highest BCUT2D eigenvalue weighted by molar-refractivity contribution is 5.97. The van der Waals surface area contributed by atoms with Gasteiger partial charge in [0.15, 0.2) is 11.6 Å².